The van der Waals surface area contributed by atoms with Crippen molar-refractivity contribution in [3.8, 4) is 22.8 Å². The Hall–Kier alpha value is -2.01. The lowest BCUT2D eigenvalue weighted by Crippen LogP contribution is -2.07. The van der Waals surface area contributed by atoms with Gasteiger partial charge in [-0.15, -0.1) is 0 Å². The Balaban J connectivity index is 2.47. The minimum atomic E-state index is 0.597. The molecule has 102 valence electrons. The van der Waals surface area contributed by atoms with Gasteiger partial charge in [0.2, 0.25) is 0 Å². The van der Waals surface area contributed by atoms with Crippen molar-refractivity contribution >= 4 is 0 Å². The Morgan fingerprint density at radius 2 is 1.95 bits per heavy atom. The topological polar surface area (TPSA) is 62.3 Å². The highest BCUT2D eigenvalue weighted by molar-refractivity contribution is 5.66. The zero-order chi connectivity index (χ0) is 13.8. The van der Waals surface area contributed by atoms with E-state index < -0.39 is 0 Å². The highest BCUT2D eigenvalue weighted by atomic mass is 16.5. The lowest BCUT2D eigenvalue weighted by Gasteiger charge is -2.10. The van der Waals surface area contributed by atoms with Crippen molar-refractivity contribution in [2.75, 3.05) is 20.8 Å². The van der Waals surface area contributed by atoms with E-state index in [0.717, 1.165) is 23.4 Å². The number of imidazole rings is 1. The maximum atomic E-state index is 5.65. The van der Waals surface area contributed by atoms with E-state index in [1.807, 2.05) is 29.8 Å². The lowest BCUT2D eigenvalue weighted by molar-refractivity contribution is 0.355. The Morgan fingerprint density at radius 3 is 2.58 bits per heavy atom. The summed E-state index contributed by atoms with van der Waals surface area (Å²) in [5.41, 5.74) is 8.71. The summed E-state index contributed by atoms with van der Waals surface area (Å²) in [6.45, 7) is 0.597. The quantitative estimate of drug-likeness (QED) is 0.888. The molecule has 0 bridgehead atoms. The monoisotopic (exact) mass is 261 g/mol. The molecule has 0 radical (unpaired) electrons. The molecule has 1 heterocycles. The molecule has 0 amide bonds. The largest absolute Gasteiger partial charge is 0.493 e. The molecule has 0 aliphatic rings. The molecule has 5 nitrogen and oxygen atoms in total. The number of methoxy groups -OCH3 is 2. The molecule has 0 aliphatic carbocycles. The maximum Gasteiger partial charge on any atom is 0.161 e. The fourth-order valence-corrected chi connectivity index (χ4v) is 2.11. The molecule has 2 aromatic rings. The first-order valence-electron chi connectivity index (χ1n) is 6.14. The first kappa shape index (κ1) is 13.4. The van der Waals surface area contributed by atoms with Crippen molar-refractivity contribution in [2.24, 2.45) is 12.8 Å². The van der Waals surface area contributed by atoms with Crippen molar-refractivity contribution in [3.63, 3.8) is 0 Å². The van der Waals surface area contributed by atoms with Crippen LogP contribution in [0.3, 0.4) is 0 Å². The molecule has 1 aromatic carbocycles. The summed E-state index contributed by atoms with van der Waals surface area (Å²) in [6, 6.07) is 5.79. The van der Waals surface area contributed by atoms with Crippen LogP contribution in [0.5, 0.6) is 11.5 Å². The zero-order valence-corrected chi connectivity index (χ0v) is 11.5. The molecule has 0 unspecified atom stereocenters. The third kappa shape index (κ3) is 2.56. The summed E-state index contributed by atoms with van der Waals surface area (Å²) >= 11 is 0. The first-order valence-corrected chi connectivity index (χ1v) is 6.14. The highest BCUT2D eigenvalue weighted by Gasteiger charge is 2.13. The van der Waals surface area contributed by atoms with Crippen LogP contribution >= 0.6 is 0 Å². The van der Waals surface area contributed by atoms with Gasteiger partial charge in [-0.1, -0.05) is 0 Å². The number of nitrogens with zero attached hydrogens (tertiary/aromatic N) is 2. The summed E-state index contributed by atoms with van der Waals surface area (Å²) in [6.07, 6.45) is 2.59. The van der Waals surface area contributed by atoms with Gasteiger partial charge in [-0.05, 0) is 24.7 Å². The number of aryl methyl sites for hydroxylation is 1. The van der Waals surface area contributed by atoms with Gasteiger partial charge in [0.15, 0.2) is 11.5 Å². The van der Waals surface area contributed by atoms with Crippen LogP contribution in [0.4, 0.5) is 0 Å². The Labute approximate surface area is 113 Å². The van der Waals surface area contributed by atoms with Crippen LogP contribution in [-0.2, 0) is 13.5 Å². The molecule has 1 aromatic heterocycles. The van der Waals surface area contributed by atoms with Crippen LogP contribution in [0.2, 0.25) is 0 Å². The fourth-order valence-electron chi connectivity index (χ4n) is 2.11. The van der Waals surface area contributed by atoms with Gasteiger partial charge in [-0.25, -0.2) is 4.98 Å². The molecule has 0 fully saturated rings. The van der Waals surface area contributed by atoms with Crippen molar-refractivity contribution in [1.29, 1.82) is 0 Å². The van der Waals surface area contributed by atoms with E-state index in [4.69, 9.17) is 15.2 Å². The minimum Gasteiger partial charge on any atom is -0.493 e. The van der Waals surface area contributed by atoms with Gasteiger partial charge in [0, 0.05) is 24.7 Å². The summed E-state index contributed by atoms with van der Waals surface area (Å²) in [5.74, 6) is 1.41. The molecule has 5 heteroatoms. The van der Waals surface area contributed by atoms with Crippen LogP contribution in [-0.4, -0.2) is 30.3 Å². The second-order valence-corrected chi connectivity index (χ2v) is 4.26. The second-order valence-electron chi connectivity index (χ2n) is 4.26. The molecule has 0 saturated carbocycles. The summed E-state index contributed by atoms with van der Waals surface area (Å²) in [4.78, 5) is 4.45. The summed E-state index contributed by atoms with van der Waals surface area (Å²) < 4.78 is 12.6. The van der Waals surface area contributed by atoms with E-state index in [0.29, 0.717) is 18.0 Å². The smallest absolute Gasteiger partial charge is 0.161 e. The fraction of sp³-hybridized carbons (Fsp3) is 0.357. The van der Waals surface area contributed by atoms with Gasteiger partial charge in [0.05, 0.1) is 26.2 Å². The first-order chi connectivity index (χ1) is 9.21. The minimum absolute atomic E-state index is 0.597. The second kappa shape index (κ2) is 5.75. The van der Waals surface area contributed by atoms with E-state index in [9.17, 15) is 0 Å². The molecule has 2 N–H and O–H groups in total. The summed E-state index contributed by atoms with van der Waals surface area (Å²) in [5, 5.41) is 0. The van der Waals surface area contributed by atoms with Gasteiger partial charge in [0.25, 0.3) is 0 Å². The molecule has 0 aliphatic heterocycles. The molecule has 0 spiro atoms. The van der Waals surface area contributed by atoms with Gasteiger partial charge in [-0.2, -0.15) is 0 Å². The van der Waals surface area contributed by atoms with Gasteiger partial charge in [0.1, 0.15) is 0 Å². The van der Waals surface area contributed by atoms with E-state index in [2.05, 4.69) is 4.98 Å². The van der Waals surface area contributed by atoms with Crippen molar-refractivity contribution < 1.29 is 9.47 Å². The third-order valence-electron chi connectivity index (χ3n) is 3.10. The van der Waals surface area contributed by atoms with Crippen LogP contribution in [0.25, 0.3) is 11.3 Å². The number of benzene rings is 1. The number of rotatable bonds is 5. The van der Waals surface area contributed by atoms with Crippen molar-refractivity contribution in [1.82, 2.24) is 9.55 Å². The Bertz CT molecular complexity index is 564. The molecular formula is C14H19N3O2. The van der Waals surface area contributed by atoms with Crippen molar-refractivity contribution in [3.05, 3.63) is 30.2 Å². The van der Waals surface area contributed by atoms with Crippen molar-refractivity contribution in [2.45, 2.75) is 6.42 Å². The SMILES string of the molecule is COc1ccc(-c2ncn(C)c2CCN)cc1OC. The average molecular weight is 261 g/mol. The number of aromatic nitrogens is 2. The Kier molecular flexibility index (Phi) is 4.06. The number of nitrogens with two attached hydrogens (primary N) is 1. The van der Waals surface area contributed by atoms with Gasteiger partial charge >= 0.3 is 0 Å². The number of hydrogen-bond acceptors (Lipinski definition) is 4. The third-order valence-corrected chi connectivity index (χ3v) is 3.10. The van der Waals surface area contributed by atoms with Crippen LogP contribution in [0, 0.1) is 0 Å². The molecule has 0 saturated heterocycles. The number of hydrogen-bond donors (Lipinski definition) is 1. The Morgan fingerprint density at radius 1 is 1.21 bits per heavy atom. The van der Waals surface area contributed by atoms with E-state index in [-0.39, 0.29) is 0 Å². The van der Waals surface area contributed by atoms with Crippen LogP contribution in [0.15, 0.2) is 24.5 Å². The molecular weight excluding hydrogens is 242 g/mol. The predicted molar refractivity (Wildman–Crippen MR) is 74.5 cm³/mol. The lowest BCUT2D eigenvalue weighted by atomic mass is 10.1. The summed E-state index contributed by atoms with van der Waals surface area (Å²) in [7, 11) is 5.22. The van der Waals surface area contributed by atoms with Crippen LogP contribution < -0.4 is 15.2 Å². The molecule has 0 atom stereocenters. The number of ether oxygens (including phenoxy) is 2. The van der Waals surface area contributed by atoms with E-state index in [1.54, 1.807) is 20.5 Å². The van der Waals surface area contributed by atoms with Gasteiger partial charge < -0.3 is 19.8 Å². The standard InChI is InChI=1S/C14H19N3O2/c1-17-9-16-14(11(17)6-7-15)10-4-5-12(18-2)13(8-10)19-3/h4-5,8-9H,6-7,15H2,1-3H3. The maximum absolute atomic E-state index is 5.65. The van der Waals surface area contributed by atoms with E-state index >= 15 is 0 Å². The van der Waals surface area contributed by atoms with Crippen LogP contribution in [0.1, 0.15) is 5.69 Å². The normalized spacial score (nSPS) is 10.5. The molecule has 19 heavy (non-hydrogen) atoms. The van der Waals surface area contributed by atoms with E-state index in [1.165, 1.54) is 0 Å². The zero-order valence-electron chi connectivity index (χ0n) is 11.5. The highest BCUT2D eigenvalue weighted by Crippen LogP contribution is 2.32. The van der Waals surface area contributed by atoms with Gasteiger partial charge in [-0.3, -0.25) is 0 Å². The average Bonchev–Trinajstić information content (AvgIpc) is 2.80. The molecule has 2 rings (SSSR count). The predicted octanol–water partition coefficient (Wildman–Crippen LogP) is 1.61.